The van der Waals surface area contributed by atoms with E-state index in [9.17, 15) is 0 Å². The summed E-state index contributed by atoms with van der Waals surface area (Å²) in [6, 6.07) is 1.58. The summed E-state index contributed by atoms with van der Waals surface area (Å²) in [7, 11) is 2.11. The Hall–Kier alpha value is -0.0800. The van der Waals surface area contributed by atoms with Crippen molar-refractivity contribution < 1.29 is 0 Å². The van der Waals surface area contributed by atoms with Crippen LogP contribution in [0, 0.1) is 5.92 Å². The van der Waals surface area contributed by atoms with Gasteiger partial charge in [-0.2, -0.15) is 0 Å². The SMILES string of the molecule is CCCN(CC(NC)C(C)CC)C1CC1. The van der Waals surface area contributed by atoms with Gasteiger partial charge in [-0.05, 0) is 38.8 Å². The molecule has 1 aliphatic carbocycles. The molecule has 0 aromatic carbocycles. The summed E-state index contributed by atoms with van der Waals surface area (Å²) in [5.41, 5.74) is 0. The van der Waals surface area contributed by atoms with Crippen molar-refractivity contribution in [2.75, 3.05) is 20.1 Å². The first kappa shape index (κ1) is 13.0. The summed E-state index contributed by atoms with van der Waals surface area (Å²) in [4.78, 5) is 2.69. The number of rotatable bonds is 8. The molecule has 0 spiro atoms. The van der Waals surface area contributed by atoms with Crippen LogP contribution in [0.1, 0.15) is 46.5 Å². The molecule has 1 saturated carbocycles. The Morgan fingerprint density at radius 2 is 2.00 bits per heavy atom. The molecule has 0 aliphatic heterocycles. The second-order valence-electron chi connectivity index (χ2n) is 5.01. The fourth-order valence-electron chi connectivity index (χ4n) is 2.24. The van der Waals surface area contributed by atoms with Crippen LogP contribution in [0.3, 0.4) is 0 Å². The van der Waals surface area contributed by atoms with Crippen LogP contribution in [0.5, 0.6) is 0 Å². The van der Waals surface area contributed by atoms with Gasteiger partial charge in [-0.15, -0.1) is 0 Å². The van der Waals surface area contributed by atoms with Crippen LogP contribution in [-0.2, 0) is 0 Å². The topological polar surface area (TPSA) is 15.3 Å². The first-order valence-corrected chi connectivity index (χ1v) is 6.64. The quantitative estimate of drug-likeness (QED) is 0.665. The summed E-state index contributed by atoms with van der Waals surface area (Å²) in [6.45, 7) is 9.45. The van der Waals surface area contributed by atoms with Gasteiger partial charge in [0.05, 0.1) is 0 Å². The lowest BCUT2D eigenvalue weighted by molar-refractivity contribution is 0.208. The lowest BCUT2D eigenvalue weighted by Gasteiger charge is -2.30. The van der Waals surface area contributed by atoms with E-state index < -0.39 is 0 Å². The molecule has 0 saturated heterocycles. The predicted octanol–water partition coefficient (Wildman–Crippen LogP) is 2.49. The van der Waals surface area contributed by atoms with E-state index in [1.165, 1.54) is 38.8 Å². The van der Waals surface area contributed by atoms with Crippen molar-refractivity contribution in [2.45, 2.75) is 58.5 Å². The molecule has 0 aromatic rings. The van der Waals surface area contributed by atoms with Crippen LogP contribution in [0.4, 0.5) is 0 Å². The Bertz CT molecular complexity index is 166. The van der Waals surface area contributed by atoms with Crippen molar-refractivity contribution in [3.63, 3.8) is 0 Å². The summed E-state index contributed by atoms with van der Waals surface area (Å²) in [6.07, 6.45) is 5.41. The van der Waals surface area contributed by atoms with Crippen molar-refractivity contribution in [2.24, 2.45) is 5.92 Å². The molecule has 90 valence electrons. The molecule has 2 unspecified atom stereocenters. The molecule has 0 radical (unpaired) electrons. The molecule has 2 atom stereocenters. The van der Waals surface area contributed by atoms with Gasteiger partial charge in [0.1, 0.15) is 0 Å². The average Bonchev–Trinajstić information content (AvgIpc) is 3.07. The monoisotopic (exact) mass is 212 g/mol. The lowest BCUT2D eigenvalue weighted by Crippen LogP contribution is -2.44. The number of likely N-dealkylation sites (N-methyl/N-ethyl adjacent to an activating group) is 1. The second-order valence-corrected chi connectivity index (χ2v) is 5.01. The van der Waals surface area contributed by atoms with Gasteiger partial charge < -0.3 is 5.32 Å². The Morgan fingerprint density at radius 1 is 1.33 bits per heavy atom. The fourth-order valence-corrected chi connectivity index (χ4v) is 2.24. The molecule has 0 bridgehead atoms. The minimum Gasteiger partial charge on any atom is -0.315 e. The van der Waals surface area contributed by atoms with Gasteiger partial charge in [0.25, 0.3) is 0 Å². The van der Waals surface area contributed by atoms with Crippen molar-refractivity contribution in [3.05, 3.63) is 0 Å². The molecule has 1 aliphatic rings. The highest BCUT2D eigenvalue weighted by Gasteiger charge is 2.30. The normalized spacial score (nSPS) is 20.6. The van der Waals surface area contributed by atoms with E-state index in [1.54, 1.807) is 0 Å². The summed E-state index contributed by atoms with van der Waals surface area (Å²) in [5, 5.41) is 3.48. The maximum Gasteiger partial charge on any atom is 0.0217 e. The third-order valence-electron chi connectivity index (χ3n) is 3.71. The third-order valence-corrected chi connectivity index (χ3v) is 3.71. The van der Waals surface area contributed by atoms with Gasteiger partial charge in [0.2, 0.25) is 0 Å². The molecule has 0 heterocycles. The van der Waals surface area contributed by atoms with Crippen LogP contribution in [0.25, 0.3) is 0 Å². The lowest BCUT2D eigenvalue weighted by atomic mass is 9.98. The van der Waals surface area contributed by atoms with Gasteiger partial charge in [-0.1, -0.05) is 27.2 Å². The molecule has 15 heavy (non-hydrogen) atoms. The number of nitrogens with zero attached hydrogens (tertiary/aromatic N) is 1. The summed E-state index contributed by atoms with van der Waals surface area (Å²) in [5.74, 6) is 0.785. The molecule has 2 heteroatoms. The molecule has 1 N–H and O–H groups in total. The molecule has 2 nitrogen and oxygen atoms in total. The molecule has 0 amide bonds. The second kappa shape index (κ2) is 6.49. The number of hydrogen-bond acceptors (Lipinski definition) is 2. The van der Waals surface area contributed by atoms with Crippen LogP contribution in [0.15, 0.2) is 0 Å². The van der Waals surface area contributed by atoms with E-state index in [0.717, 1.165) is 12.0 Å². The van der Waals surface area contributed by atoms with Gasteiger partial charge >= 0.3 is 0 Å². The van der Waals surface area contributed by atoms with Crippen LogP contribution >= 0.6 is 0 Å². The van der Waals surface area contributed by atoms with E-state index in [0.29, 0.717) is 6.04 Å². The van der Waals surface area contributed by atoms with Crippen LogP contribution < -0.4 is 5.32 Å². The Morgan fingerprint density at radius 3 is 2.40 bits per heavy atom. The Balaban J connectivity index is 2.39. The van der Waals surface area contributed by atoms with Crippen molar-refractivity contribution in [1.82, 2.24) is 10.2 Å². The molecule has 1 rings (SSSR count). The van der Waals surface area contributed by atoms with Crippen molar-refractivity contribution in [1.29, 1.82) is 0 Å². The summed E-state index contributed by atoms with van der Waals surface area (Å²) < 4.78 is 0. The Kier molecular flexibility index (Phi) is 5.62. The van der Waals surface area contributed by atoms with E-state index in [1.807, 2.05) is 0 Å². The van der Waals surface area contributed by atoms with Gasteiger partial charge in [-0.25, -0.2) is 0 Å². The van der Waals surface area contributed by atoms with E-state index in [4.69, 9.17) is 0 Å². The minimum absolute atomic E-state index is 0.669. The maximum absolute atomic E-state index is 3.48. The standard InChI is InChI=1S/C13H28N2/c1-5-9-15(12-7-8-12)10-13(14-4)11(3)6-2/h11-14H,5-10H2,1-4H3. The minimum atomic E-state index is 0.669. The zero-order valence-corrected chi connectivity index (χ0v) is 10.9. The highest BCUT2D eigenvalue weighted by Crippen LogP contribution is 2.27. The zero-order valence-electron chi connectivity index (χ0n) is 10.9. The van der Waals surface area contributed by atoms with Crippen LogP contribution in [0.2, 0.25) is 0 Å². The average molecular weight is 212 g/mol. The third kappa shape index (κ3) is 4.12. The molecular weight excluding hydrogens is 184 g/mol. The van der Waals surface area contributed by atoms with E-state index in [2.05, 4.69) is 38.0 Å². The maximum atomic E-state index is 3.48. The van der Waals surface area contributed by atoms with Crippen molar-refractivity contribution >= 4 is 0 Å². The number of nitrogens with one attached hydrogen (secondary N) is 1. The smallest absolute Gasteiger partial charge is 0.0217 e. The van der Waals surface area contributed by atoms with Crippen molar-refractivity contribution in [3.8, 4) is 0 Å². The highest BCUT2D eigenvalue weighted by molar-refractivity contribution is 4.87. The van der Waals surface area contributed by atoms with Gasteiger partial charge in [-0.3, -0.25) is 4.90 Å². The first-order valence-electron chi connectivity index (χ1n) is 6.64. The van der Waals surface area contributed by atoms with Gasteiger partial charge in [0, 0.05) is 18.6 Å². The molecule has 0 aromatic heterocycles. The van der Waals surface area contributed by atoms with E-state index >= 15 is 0 Å². The highest BCUT2D eigenvalue weighted by atomic mass is 15.2. The summed E-state index contributed by atoms with van der Waals surface area (Å²) >= 11 is 0. The predicted molar refractivity (Wildman–Crippen MR) is 67.2 cm³/mol. The molecular formula is C13H28N2. The largest absolute Gasteiger partial charge is 0.315 e. The number of hydrogen-bond donors (Lipinski definition) is 1. The zero-order chi connectivity index (χ0) is 11.3. The van der Waals surface area contributed by atoms with Gasteiger partial charge in [0.15, 0.2) is 0 Å². The fraction of sp³-hybridized carbons (Fsp3) is 1.00. The first-order chi connectivity index (χ1) is 7.22. The Labute approximate surface area is 95.4 Å². The molecule has 1 fully saturated rings. The van der Waals surface area contributed by atoms with E-state index in [-0.39, 0.29) is 0 Å². The van der Waals surface area contributed by atoms with Crippen LogP contribution in [-0.4, -0.2) is 37.1 Å².